The van der Waals surface area contributed by atoms with E-state index < -0.39 is 0 Å². The predicted molar refractivity (Wildman–Crippen MR) is 138 cm³/mol. The second-order valence-electron chi connectivity index (χ2n) is 11.5. The molecule has 2 aromatic rings. The molecule has 4 bridgehead atoms. The van der Waals surface area contributed by atoms with Crippen molar-refractivity contribution in [1.29, 1.82) is 5.26 Å². The largest absolute Gasteiger partial charge is 0.496 e. The van der Waals surface area contributed by atoms with Gasteiger partial charge >= 0.3 is 0 Å². The first-order chi connectivity index (χ1) is 17.6. The van der Waals surface area contributed by atoms with Crippen molar-refractivity contribution in [1.82, 2.24) is 14.9 Å². The molecule has 4 aliphatic carbocycles. The Balaban J connectivity index is 1.14. The zero-order valence-electron chi connectivity index (χ0n) is 21.0. The zero-order valence-corrected chi connectivity index (χ0v) is 21.0. The monoisotopic (exact) mass is 488 g/mol. The number of β-amino-alcohol motifs (C(OH)–C–C–N with tert-alkyl or cyclic N) is 1. The van der Waals surface area contributed by atoms with Gasteiger partial charge in [-0.3, -0.25) is 4.90 Å². The van der Waals surface area contributed by atoms with Crippen LogP contribution in [0.25, 0.3) is 0 Å². The van der Waals surface area contributed by atoms with E-state index in [2.05, 4.69) is 31.6 Å². The number of likely N-dealkylation sites (tertiary alicyclic amines) is 1. The fraction of sp³-hybridized carbons (Fsp3) is 0.607. The maximum absolute atomic E-state index is 10.1. The Labute approximate surface area is 213 Å². The minimum atomic E-state index is -0.147. The molecule has 4 saturated carbocycles. The molecule has 1 saturated heterocycles. The fourth-order valence-electron chi connectivity index (χ4n) is 8.00. The highest BCUT2D eigenvalue weighted by Gasteiger charge is 2.56. The van der Waals surface area contributed by atoms with Crippen molar-refractivity contribution in [3.63, 3.8) is 0 Å². The third-order valence-corrected chi connectivity index (χ3v) is 9.14. The van der Waals surface area contributed by atoms with Gasteiger partial charge in [0, 0.05) is 37.8 Å². The van der Waals surface area contributed by atoms with E-state index in [1.165, 1.54) is 32.1 Å². The number of nitrogens with zero attached hydrogens (tertiary/aromatic N) is 4. The minimum Gasteiger partial charge on any atom is -0.496 e. The average molecular weight is 489 g/mol. The highest BCUT2D eigenvalue weighted by molar-refractivity contribution is 5.53. The summed E-state index contributed by atoms with van der Waals surface area (Å²) in [6, 6.07) is 10.8. The van der Waals surface area contributed by atoms with Gasteiger partial charge in [-0.15, -0.1) is 0 Å². The molecular weight excluding hydrogens is 452 g/mol. The summed E-state index contributed by atoms with van der Waals surface area (Å²) in [5, 5.41) is 26.7. The molecule has 6 atom stereocenters. The Morgan fingerprint density at radius 2 is 2.00 bits per heavy atom. The lowest BCUT2D eigenvalue weighted by molar-refractivity contribution is -0.103. The van der Waals surface area contributed by atoms with E-state index in [1.54, 1.807) is 13.3 Å². The van der Waals surface area contributed by atoms with Crippen molar-refractivity contribution < 1.29 is 9.84 Å². The molecule has 8 nitrogen and oxygen atoms in total. The van der Waals surface area contributed by atoms with Crippen LogP contribution in [0.4, 0.5) is 11.8 Å². The van der Waals surface area contributed by atoms with E-state index >= 15 is 0 Å². The molecule has 4 unspecified atom stereocenters. The fourth-order valence-corrected chi connectivity index (χ4v) is 8.00. The topological polar surface area (TPSA) is 106 Å². The minimum absolute atomic E-state index is 0.147. The van der Waals surface area contributed by atoms with Crippen LogP contribution < -0.4 is 15.4 Å². The van der Waals surface area contributed by atoms with Crippen LogP contribution in [0.1, 0.15) is 49.7 Å². The molecule has 5 fully saturated rings. The van der Waals surface area contributed by atoms with Crippen LogP contribution in [-0.4, -0.2) is 58.9 Å². The van der Waals surface area contributed by atoms with Gasteiger partial charge in [-0.2, -0.15) is 10.2 Å². The van der Waals surface area contributed by atoms with Crippen LogP contribution in [0, 0.1) is 34.5 Å². The Morgan fingerprint density at radius 3 is 2.72 bits per heavy atom. The lowest BCUT2D eigenvalue weighted by Crippen LogP contribution is -2.60. The average Bonchev–Trinajstić information content (AvgIpc) is 3.31. The number of rotatable bonds is 8. The molecule has 8 heteroatoms. The van der Waals surface area contributed by atoms with Crippen LogP contribution in [0.2, 0.25) is 0 Å². The quantitative estimate of drug-likeness (QED) is 0.517. The second kappa shape index (κ2) is 9.53. The molecule has 3 N–H and O–H groups in total. The van der Waals surface area contributed by atoms with Gasteiger partial charge in [0.05, 0.1) is 19.4 Å². The first-order valence-corrected chi connectivity index (χ1v) is 13.3. The predicted octanol–water partition coefficient (Wildman–Crippen LogP) is 3.64. The van der Waals surface area contributed by atoms with Crippen LogP contribution in [0.15, 0.2) is 30.5 Å². The first kappa shape index (κ1) is 23.5. The molecule has 2 heterocycles. The standard InChI is InChI=1S/C28H36N6O2/c1-36-24-5-3-2-4-19(24)14-30-27-31-15-22(13-29)26(33-27)32-17-28-10-18-8-20(11-28)25(21(9-18)12-28)34-7-6-23(35)16-34/h2-5,15,18,20-21,23,25,35H,6-12,14,16-17H2,1H3,(H2,30,31,32,33)/t18?,20-,21+,23?,25?,28?. The zero-order chi connectivity index (χ0) is 24.7. The molecule has 7 rings (SSSR count). The van der Waals surface area contributed by atoms with Gasteiger partial charge in [0.25, 0.3) is 0 Å². The summed E-state index contributed by atoms with van der Waals surface area (Å²) < 4.78 is 5.44. The van der Waals surface area contributed by atoms with Gasteiger partial charge in [-0.1, -0.05) is 18.2 Å². The maximum Gasteiger partial charge on any atom is 0.224 e. The lowest BCUT2D eigenvalue weighted by Gasteiger charge is -2.62. The highest BCUT2D eigenvalue weighted by Crippen LogP contribution is 2.61. The van der Waals surface area contributed by atoms with Crippen molar-refractivity contribution >= 4 is 11.8 Å². The Bertz CT molecular complexity index is 1130. The molecule has 1 aromatic heterocycles. The van der Waals surface area contributed by atoms with Gasteiger partial charge < -0.3 is 20.5 Å². The first-order valence-electron chi connectivity index (χ1n) is 13.3. The third kappa shape index (κ3) is 4.39. The summed E-state index contributed by atoms with van der Waals surface area (Å²) >= 11 is 0. The SMILES string of the molecule is COc1ccccc1CNc1ncc(C#N)c(NCC23CC4C[C@H](C2)C(N2CCC(O)C2)[C@@H](C4)C3)n1. The molecule has 0 radical (unpaired) electrons. The van der Waals surface area contributed by atoms with Crippen LogP contribution in [0.3, 0.4) is 0 Å². The van der Waals surface area contributed by atoms with Gasteiger partial charge in [-0.25, -0.2) is 4.98 Å². The number of aliphatic hydroxyl groups excluding tert-OH is 1. The summed E-state index contributed by atoms with van der Waals surface area (Å²) in [4.78, 5) is 11.6. The number of hydrogen-bond donors (Lipinski definition) is 3. The van der Waals surface area contributed by atoms with Crippen molar-refractivity contribution in [2.24, 2.45) is 23.2 Å². The number of nitrogens with one attached hydrogen (secondary N) is 2. The van der Waals surface area contributed by atoms with E-state index in [1.807, 2.05) is 24.3 Å². The molecule has 190 valence electrons. The van der Waals surface area contributed by atoms with Gasteiger partial charge in [-0.05, 0) is 67.8 Å². The Hall–Kier alpha value is -2.89. The number of hydrogen-bond acceptors (Lipinski definition) is 8. The number of para-hydroxylation sites is 1. The Kier molecular flexibility index (Phi) is 6.22. The van der Waals surface area contributed by atoms with E-state index in [9.17, 15) is 10.4 Å². The maximum atomic E-state index is 10.1. The van der Waals surface area contributed by atoms with E-state index in [0.717, 1.165) is 55.1 Å². The number of ether oxygens (including phenoxy) is 1. The molecule has 0 amide bonds. The van der Waals surface area contributed by atoms with Gasteiger partial charge in [0.1, 0.15) is 23.2 Å². The molecular formula is C28H36N6O2. The van der Waals surface area contributed by atoms with Gasteiger partial charge in [0.2, 0.25) is 5.95 Å². The summed E-state index contributed by atoms with van der Waals surface area (Å²) in [6.45, 7) is 3.29. The number of aliphatic hydroxyl groups is 1. The lowest BCUT2D eigenvalue weighted by atomic mass is 9.47. The van der Waals surface area contributed by atoms with E-state index in [-0.39, 0.29) is 11.5 Å². The normalized spacial score (nSPS) is 32.9. The smallest absolute Gasteiger partial charge is 0.224 e. The Morgan fingerprint density at radius 1 is 1.19 bits per heavy atom. The van der Waals surface area contributed by atoms with Crippen molar-refractivity contribution in [2.45, 2.75) is 57.2 Å². The molecule has 1 aromatic carbocycles. The number of benzene rings is 1. The number of methoxy groups -OCH3 is 1. The number of nitriles is 1. The number of anilines is 2. The van der Waals surface area contributed by atoms with Crippen LogP contribution >= 0.6 is 0 Å². The molecule has 0 spiro atoms. The molecule has 1 aliphatic heterocycles. The number of aromatic nitrogens is 2. The van der Waals surface area contributed by atoms with Gasteiger partial charge in [0.15, 0.2) is 0 Å². The second-order valence-corrected chi connectivity index (χ2v) is 11.5. The van der Waals surface area contributed by atoms with Crippen molar-refractivity contribution in [2.75, 3.05) is 37.4 Å². The summed E-state index contributed by atoms with van der Waals surface area (Å²) in [5.41, 5.74) is 1.77. The highest BCUT2D eigenvalue weighted by atomic mass is 16.5. The van der Waals surface area contributed by atoms with Crippen LogP contribution in [0.5, 0.6) is 5.75 Å². The molecule has 5 aliphatic rings. The summed E-state index contributed by atoms with van der Waals surface area (Å²) in [5.74, 6) is 4.20. The summed E-state index contributed by atoms with van der Waals surface area (Å²) in [7, 11) is 1.67. The van der Waals surface area contributed by atoms with Crippen molar-refractivity contribution in [3.05, 3.63) is 41.6 Å². The van der Waals surface area contributed by atoms with Crippen LogP contribution in [-0.2, 0) is 6.54 Å². The molecule has 36 heavy (non-hydrogen) atoms. The third-order valence-electron chi connectivity index (χ3n) is 9.14. The summed E-state index contributed by atoms with van der Waals surface area (Å²) in [6.07, 6.45) is 8.79. The van der Waals surface area contributed by atoms with E-state index in [0.29, 0.717) is 29.9 Å². The van der Waals surface area contributed by atoms with E-state index in [4.69, 9.17) is 4.74 Å². The van der Waals surface area contributed by atoms with Crippen molar-refractivity contribution in [3.8, 4) is 11.8 Å².